The van der Waals surface area contributed by atoms with Gasteiger partial charge in [0, 0.05) is 23.1 Å². The number of amides is 1. The van der Waals surface area contributed by atoms with Gasteiger partial charge in [-0.05, 0) is 31.0 Å². The van der Waals surface area contributed by atoms with Gasteiger partial charge >= 0.3 is 0 Å². The molecule has 2 N–H and O–H groups in total. The standard InChI is InChI=1S/C13H17BrN2O3S/c1-16(11-4-2-3-5-11)13(17)9-6-10(14)8-12(7-9)20(15,18)19/h6-8,11H,2-5H2,1H3,(H2,15,18,19). The number of hydrogen-bond acceptors (Lipinski definition) is 3. The smallest absolute Gasteiger partial charge is 0.253 e. The molecular formula is C13H17BrN2O3S. The van der Waals surface area contributed by atoms with Crippen molar-refractivity contribution < 1.29 is 13.2 Å². The quantitative estimate of drug-likeness (QED) is 0.895. The monoisotopic (exact) mass is 360 g/mol. The fourth-order valence-electron chi connectivity index (χ4n) is 2.51. The Hall–Kier alpha value is -0.920. The van der Waals surface area contributed by atoms with Gasteiger partial charge in [0.2, 0.25) is 10.0 Å². The normalized spacial score (nSPS) is 16.4. The summed E-state index contributed by atoms with van der Waals surface area (Å²) in [6.45, 7) is 0. The molecule has 110 valence electrons. The van der Waals surface area contributed by atoms with Crippen LogP contribution in [0, 0.1) is 0 Å². The van der Waals surface area contributed by atoms with Gasteiger partial charge in [0.1, 0.15) is 0 Å². The van der Waals surface area contributed by atoms with Gasteiger partial charge in [-0.3, -0.25) is 4.79 Å². The molecule has 0 spiro atoms. The molecule has 0 radical (unpaired) electrons. The predicted octanol–water partition coefficient (Wildman–Crippen LogP) is 2.11. The molecule has 1 aromatic carbocycles. The molecule has 0 atom stereocenters. The average molecular weight is 361 g/mol. The van der Waals surface area contributed by atoms with Crippen LogP contribution in [0.2, 0.25) is 0 Å². The number of hydrogen-bond donors (Lipinski definition) is 1. The number of halogens is 1. The summed E-state index contributed by atoms with van der Waals surface area (Å²) in [6, 6.07) is 4.57. The van der Waals surface area contributed by atoms with Gasteiger partial charge < -0.3 is 4.90 Å². The van der Waals surface area contributed by atoms with Crippen molar-refractivity contribution in [3.63, 3.8) is 0 Å². The van der Waals surface area contributed by atoms with Crippen LogP contribution in [0.5, 0.6) is 0 Å². The number of carbonyl (C=O) groups excluding carboxylic acids is 1. The summed E-state index contributed by atoms with van der Waals surface area (Å²) in [5.41, 5.74) is 0.331. The Kier molecular flexibility index (Phi) is 4.51. The number of carbonyl (C=O) groups is 1. The molecule has 0 saturated heterocycles. The Morgan fingerprint density at radius 3 is 2.45 bits per heavy atom. The van der Waals surface area contributed by atoms with E-state index in [1.807, 2.05) is 0 Å². The maximum atomic E-state index is 12.4. The molecule has 2 rings (SSSR count). The third-order valence-corrected chi connectivity index (χ3v) is 4.99. The summed E-state index contributed by atoms with van der Waals surface area (Å²) in [5, 5.41) is 5.12. The number of rotatable bonds is 3. The second kappa shape index (κ2) is 5.83. The van der Waals surface area contributed by atoms with Gasteiger partial charge in [-0.2, -0.15) is 0 Å². The molecule has 1 aromatic rings. The minimum Gasteiger partial charge on any atom is -0.339 e. The summed E-state index contributed by atoms with van der Waals surface area (Å²) >= 11 is 3.22. The van der Waals surface area contributed by atoms with Crippen LogP contribution in [0.3, 0.4) is 0 Å². The predicted molar refractivity (Wildman–Crippen MR) is 79.9 cm³/mol. The number of nitrogens with two attached hydrogens (primary N) is 1. The molecule has 20 heavy (non-hydrogen) atoms. The Labute approximate surface area is 127 Å². The lowest BCUT2D eigenvalue weighted by Crippen LogP contribution is -2.35. The van der Waals surface area contributed by atoms with Crippen LogP contribution >= 0.6 is 15.9 Å². The lowest BCUT2D eigenvalue weighted by molar-refractivity contribution is 0.0735. The molecule has 0 bridgehead atoms. The molecule has 0 unspecified atom stereocenters. The Bertz CT molecular complexity index is 625. The van der Waals surface area contributed by atoms with Crippen LogP contribution in [-0.2, 0) is 10.0 Å². The van der Waals surface area contributed by atoms with Crippen LogP contribution in [0.25, 0.3) is 0 Å². The first-order valence-electron chi connectivity index (χ1n) is 6.39. The van der Waals surface area contributed by atoms with E-state index in [9.17, 15) is 13.2 Å². The second-order valence-electron chi connectivity index (χ2n) is 5.07. The number of nitrogens with zero attached hydrogens (tertiary/aromatic N) is 1. The van der Waals surface area contributed by atoms with E-state index in [0.717, 1.165) is 25.7 Å². The summed E-state index contributed by atoms with van der Waals surface area (Å²) in [5.74, 6) is -0.178. The van der Waals surface area contributed by atoms with Crippen molar-refractivity contribution in [2.24, 2.45) is 5.14 Å². The third-order valence-electron chi connectivity index (χ3n) is 3.64. The van der Waals surface area contributed by atoms with Gasteiger partial charge in [-0.15, -0.1) is 0 Å². The van der Waals surface area contributed by atoms with Crippen LogP contribution < -0.4 is 5.14 Å². The van der Waals surface area contributed by atoms with Crippen molar-refractivity contribution in [2.45, 2.75) is 36.6 Å². The highest BCUT2D eigenvalue weighted by Gasteiger charge is 2.25. The van der Waals surface area contributed by atoms with Crippen molar-refractivity contribution in [2.75, 3.05) is 7.05 Å². The van der Waals surface area contributed by atoms with E-state index in [0.29, 0.717) is 10.0 Å². The summed E-state index contributed by atoms with van der Waals surface area (Å²) in [4.78, 5) is 14.1. The van der Waals surface area contributed by atoms with E-state index < -0.39 is 10.0 Å². The molecule has 5 nitrogen and oxygen atoms in total. The van der Waals surface area contributed by atoms with Crippen molar-refractivity contribution in [1.82, 2.24) is 4.90 Å². The molecular weight excluding hydrogens is 344 g/mol. The number of sulfonamides is 1. The van der Waals surface area contributed by atoms with E-state index in [1.54, 1.807) is 18.0 Å². The Morgan fingerprint density at radius 2 is 1.90 bits per heavy atom. The van der Waals surface area contributed by atoms with E-state index in [4.69, 9.17) is 5.14 Å². The van der Waals surface area contributed by atoms with Gasteiger partial charge in [0.05, 0.1) is 4.90 Å². The second-order valence-corrected chi connectivity index (χ2v) is 7.55. The minimum atomic E-state index is -3.83. The highest BCUT2D eigenvalue weighted by Crippen LogP contribution is 2.25. The minimum absolute atomic E-state index is 0.0601. The van der Waals surface area contributed by atoms with Gasteiger partial charge in [0.25, 0.3) is 5.91 Å². The van der Waals surface area contributed by atoms with E-state index in [1.165, 1.54) is 12.1 Å². The zero-order valence-corrected chi connectivity index (χ0v) is 13.6. The maximum Gasteiger partial charge on any atom is 0.253 e. The zero-order chi connectivity index (χ0) is 14.9. The van der Waals surface area contributed by atoms with Crippen molar-refractivity contribution in [3.05, 3.63) is 28.2 Å². The molecule has 0 aromatic heterocycles. The van der Waals surface area contributed by atoms with Crippen molar-refractivity contribution in [1.29, 1.82) is 0 Å². The Balaban J connectivity index is 2.32. The first-order valence-corrected chi connectivity index (χ1v) is 8.73. The summed E-state index contributed by atoms with van der Waals surface area (Å²) in [7, 11) is -2.07. The van der Waals surface area contributed by atoms with Gasteiger partial charge in [0.15, 0.2) is 0 Å². The summed E-state index contributed by atoms with van der Waals surface area (Å²) < 4.78 is 23.4. The number of primary sulfonamides is 1. The highest BCUT2D eigenvalue weighted by atomic mass is 79.9. The molecule has 1 aliphatic carbocycles. The highest BCUT2D eigenvalue weighted by molar-refractivity contribution is 9.10. The van der Waals surface area contributed by atoms with Crippen molar-refractivity contribution in [3.8, 4) is 0 Å². The zero-order valence-electron chi connectivity index (χ0n) is 11.2. The number of benzene rings is 1. The molecule has 7 heteroatoms. The largest absolute Gasteiger partial charge is 0.339 e. The maximum absolute atomic E-state index is 12.4. The van der Waals surface area contributed by atoms with Crippen LogP contribution in [0.15, 0.2) is 27.6 Å². The fourth-order valence-corrected chi connectivity index (χ4v) is 3.74. The SMILES string of the molecule is CN(C(=O)c1cc(Br)cc(S(N)(=O)=O)c1)C1CCCC1. The van der Waals surface area contributed by atoms with Crippen molar-refractivity contribution >= 4 is 31.9 Å². The van der Waals surface area contributed by atoms with Crippen LogP contribution in [0.1, 0.15) is 36.0 Å². The Morgan fingerprint density at radius 1 is 1.30 bits per heavy atom. The molecule has 1 saturated carbocycles. The first kappa shape index (κ1) is 15.5. The first-order chi connectivity index (χ1) is 9.29. The lowest BCUT2D eigenvalue weighted by atomic mass is 10.1. The topological polar surface area (TPSA) is 80.5 Å². The molecule has 1 amide bonds. The molecule has 0 aliphatic heterocycles. The van der Waals surface area contributed by atoms with E-state index in [-0.39, 0.29) is 16.8 Å². The third kappa shape index (κ3) is 3.39. The van der Waals surface area contributed by atoms with Gasteiger partial charge in [-0.25, -0.2) is 13.6 Å². The fraction of sp³-hybridized carbons (Fsp3) is 0.462. The molecule has 1 aliphatic rings. The van der Waals surface area contributed by atoms with E-state index in [2.05, 4.69) is 15.9 Å². The van der Waals surface area contributed by atoms with Crippen LogP contribution in [-0.4, -0.2) is 32.3 Å². The lowest BCUT2D eigenvalue weighted by Gasteiger charge is -2.24. The van der Waals surface area contributed by atoms with Crippen LogP contribution in [0.4, 0.5) is 0 Å². The average Bonchev–Trinajstić information content (AvgIpc) is 2.89. The van der Waals surface area contributed by atoms with E-state index >= 15 is 0 Å². The molecule has 0 heterocycles. The molecule has 1 fully saturated rings. The summed E-state index contributed by atoms with van der Waals surface area (Å²) in [6.07, 6.45) is 4.25. The van der Waals surface area contributed by atoms with Gasteiger partial charge in [-0.1, -0.05) is 28.8 Å².